The van der Waals surface area contributed by atoms with Crippen LogP contribution in [0.3, 0.4) is 0 Å². The average Bonchev–Trinajstić information content (AvgIpc) is 3.30. The fourth-order valence-corrected chi connectivity index (χ4v) is 3.57. The summed E-state index contributed by atoms with van der Waals surface area (Å²) in [5.74, 6) is -0.244. The highest BCUT2D eigenvalue weighted by Crippen LogP contribution is 2.53. The summed E-state index contributed by atoms with van der Waals surface area (Å²) in [7, 11) is 0. The Hall–Kier alpha value is -2.69. The fraction of sp³-hybridized carbons (Fsp3) is 0.316. The van der Waals surface area contributed by atoms with Crippen LogP contribution in [0.4, 0.5) is 0 Å². The molecule has 5 nitrogen and oxygen atoms in total. The zero-order valence-corrected chi connectivity index (χ0v) is 13.4. The van der Waals surface area contributed by atoms with E-state index in [9.17, 15) is 9.59 Å². The van der Waals surface area contributed by atoms with Gasteiger partial charge in [0, 0.05) is 23.9 Å². The molecule has 4 rings (SSSR count). The zero-order chi connectivity index (χ0) is 16.7. The molecule has 1 N–H and O–H groups in total. The molecule has 2 fully saturated rings. The second-order valence-electron chi connectivity index (χ2n) is 6.70. The Labute approximate surface area is 140 Å². The molecule has 1 spiro atoms. The average molecular weight is 321 g/mol. The van der Waals surface area contributed by atoms with Gasteiger partial charge in [0.1, 0.15) is 5.69 Å². The molecule has 1 atom stereocenters. The van der Waals surface area contributed by atoms with Crippen molar-refractivity contribution in [3.05, 3.63) is 54.7 Å². The van der Waals surface area contributed by atoms with Crippen LogP contribution in [-0.2, 0) is 4.79 Å². The molecule has 1 aliphatic heterocycles. The number of hydrogen-bond acceptors (Lipinski definition) is 3. The van der Waals surface area contributed by atoms with Gasteiger partial charge in [-0.05, 0) is 31.1 Å². The molecule has 1 aromatic heterocycles. The lowest BCUT2D eigenvalue weighted by Gasteiger charge is -2.17. The Morgan fingerprint density at radius 2 is 2.04 bits per heavy atom. The molecule has 2 aromatic rings. The molecule has 1 aromatic carbocycles. The molecule has 0 radical (unpaired) electrons. The van der Waals surface area contributed by atoms with Crippen LogP contribution in [0.25, 0.3) is 10.9 Å². The maximum atomic E-state index is 12.8. The smallest absolute Gasteiger partial charge is 0.272 e. The lowest BCUT2D eigenvalue weighted by atomic mass is 10.0. The van der Waals surface area contributed by atoms with Crippen LogP contribution in [0.5, 0.6) is 0 Å². The number of para-hydroxylation sites is 1. The Bertz CT molecular complexity index is 841. The van der Waals surface area contributed by atoms with Gasteiger partial charge in [-0.1, -0.05) is 30.8 Å². The number of nitrogens with one attached hydrogen (secondary N) is 1. The van der Waals surface area contributed by atoms with Crippen LogP contribution in [0.1, 0.15) is 23.3 Å². The molecule has 2 aliphatic rings. The maximum Gasteiger partial charge on any atom is 0.272 e. The van der Waals surface area contributed by atoms with E-state index in [1.807, 2.05) is 35.2 Å². The first-order valence-electron chi connectivity index (χ1n) is 8.19. The minimum Gasteiger partial charge on any atom is -0.347 e. The summed E-state index contributed by atoms with van der Waals surface area (Å²) in [6, 6.07) is 11.5. The van der Waals surface area contributed by atoms with Gasteiger partial charge in [-0.25, -0.2) is 4.98 Å². The summed E-state index contributed by atoms with van der Waals surface area (Å²) in [5.41, 5.74) is 1.32. The van der Waals surface area contributed by atoms with Crippen LogP contribution in [0, 0.1) is 5.41 Å². The van der Waals surface area contributed by atoms with Crippen LogP contribution in [-0.4, -0.2) is 40.8 Å². The van der Waals surface area contributed by atoms with Crippen molar-refractivity contribution in [3.8, 4) is 0 Å². The molecule has 0 bridgehead atoms. The molecule has 24 heavy (non-hydrogen) atoms. The van der Waals surface area contributed by atoms with Crippen molar-refractivity contribution in [3.63, 3.8) is 0 Å². The largest absolute Gasteiger partial charge is 0.347 e. The summed E-state index contributed by atoms with van der Waals surface area (Å²) in [6.07, 6.45) is 3.37. The SMILES string of the molecule is C=CC(=O)NC1CN(C(=O)c2ccc3ccccc3n2)CC12CC2. The number of rotatable bonds is 3. The van der Waals surface area contributed by atoms with E-state index in [1.165, 1.54) is 6.08 Å². The number of carbonyl (C=O) groups is 2. The number of nitrogens with zero attached hydrogens (tertiary/aromatic N) is 2. The van der Waals surface area contributed by atoms with Crippen molar-refractivity contribution in [2.75, 3.05) is 13.1 Å². The van der Waals surface area contributed by atoms with Crippen molar-refractivity contribution in [2.45, 2.75) is 18.9 Å². The van der Waals surface area contributed by atoms with Crippen LogP contribution in [0.2, 0.25) is 0 Å². The van der Waals surface area contributed by atoms with E-state index >= 15 is 0 Å². The number of aromatic nitrogens is 1. The van der Waals surface area contributed by atoms with Crippen molar-refractivity contribution in [1.29, 1.82) is 0 Å². The van der Waals surface area contributed by atoms with Gasteiger partial charge in [-0.2, -0.15) is 0 Å². The summed E-state index contributed by atoms with van der Waals surface area (Å²) >= 11 is 0. The van der Waals surface area contributed by atoms with E-state index in [2.05, 4.69) is 16.9 Å². The van der Waals surface area contributed by atoms with Gasteiger partial charge in [-0.15, -0.1) is 0 Å². The number of pyridine rings is 1. The van der Waals surface area contributed by atoms with Crippen LogP contribution >= 0.6 is 0 Å². The molecule has 1 unspecified atom stereocenters. The summed E-state index contributed by atoms with van der Waals surface area (Å²) in [4.78, 5) is 30.8. The normalized spacial score (nSPS) is 21.0. The molecule has 1 saturated carbocycles. The number of hydrogen-bond donors (Lipinski definition) is 1. The Kier molecular flexibility index (Phi) is 3.37. The van der Waals surface area contributed by atoms with Crippen molar-refractivity contribution in [2.24, 2.45) is 5.41 Å². The van der Waals surface area contributed by atoms with Crippen molar-refractivity contribution in [1.82, 2.24) is 15.2 Å². The van der Waals surface area contributed by atoms with Gasteiger partial charge in [0.15, 0.2) is 0 Å². The minimum absolute atomic E-state index is 0.00686. The van der Waals surface area contributed by atoms with E-state index in [1.54, 1.807) is 6.07 Å². The quantitative estimate of drug-likeness (QED) is 0.881. The van der Waals surface area contributed by atoms with Gasteiger partial charge in [0.2, 0.25) is 5.91 Å². The highest BCUT2D eigenvalue weighted by molar-refractivity contribution is 5.95. The van der Waals surface area contributed by atoms with Gasteiger partial charge in [-0.3, -0.25) is 9.59 Å². The predicted molar refractivity (Wildman–Crippen MR) is 91.4 cm³/mol. The summed E-state index contributed by atoms with van der Waals surface area (Å²) < 4.78 is 0. The Morgan fingerprint density at radius 3 is 2.79 bits per heavy atom. The van der Waals surface area contributed by atoms with E-state index in [-0.39, 0.29) is 23.3 Å². The number of benzene rings is 1. The maximum absolute atomic E-state index is 12.8. The Morgan fingerprint density at radius 1 is 1.25 bits per heavy atom. The first-order valence-corrected chi connectivity index (χ1v) is 8.19. The Balaban J connectivity index is 1.56. The third kappa shape index (κ3) is 2.46. The fourth-order valence-electron chi connectivity index (χ4n) is 3.57. The van der Waals surface area contributed by atoms with Crippen molar-refractivity contribution >= 4 is 22.7 Å². The second-order valence-corrected chi connectivity index (χ2v) is 6.70. The third-order valence-corrected chi connectivity index (χ3v) is 5.15. The lowest BCUT2D eigenvalue weighted by molar-refractivity contribution is -0.117. The van der Waals surface area contributed by atoms with Crippen LogP contribution < -0.4 is 5.32 Å². The second kappa shape index (κ2) is 5.44. The molecule has 1 aliphatic carbocycles. The van der Waals surface area contributed by atoms with Gasteiger partial charge in [0.05, 0.1) is 11.6 Å². The molecule has 2 heterocycles. The zero-order valence-electron chi connectivity index (χ0n) is 13.4. The standard InChI is InChI=1S/C19H19N3O2/c1-2-17(23)21-16-11-22(12-19(16)9-10-19)18(24)15-8-7-13-5-3-4-6-14(13)20-15/h2-8,16H,1,9-12H2,(H,21,23). The van der Waals surface area contributed by atoms with E-state index in [0.29, 0.717) is 18.8 Å². The lowest BCUT2D eigenvalue weighted by Crippen LogP contribution is -2.41. The van der Waals surface area contributed by atoms with Gasteiger partial charge >= 0.3 is 0 Å². The number of amides is 2. The number of likely N-dealkylation sites (tertiary alicyclic amines) is 1. The highest BCUT2D eigenvalue weighted by Gasteiger charge is 2.56. The monoisotopic (exact) mass is 321 g/mol. The van der Waals surface area contributed by atoms with Gasteiger partial charge in [0.25, 0.3) is 5.91 Å². The third-order valence-electron chi connectivity index (χ3n) is 5.15. The molecule has 1 saturated heterocycles. The summed E-state index contributed by atoms with van der Waals surface area (Å²) in [6.45, 7) is 4.72. The molecule has 5 heteroatoms. The van der Waals surface area contributed by atoms with E-state index in [4.69, 9.17) is 0 Å². The van der Waals surface area contributed by atoms with Crippen LogP contribution in [0.15, 0.2) is 49.1 Å². The summed E-state index contributed by atoms with van der Waals surface area (Å²) in [5, 5.41) is 3.99. The number of fused-ring (bicyclic) bond motifs is 1. The van der Waals surface area contributed by atoms with E-state index < -0.39 is 0 Å². The molecule has 122 valence electrons. The van der Waals surface area contributed by atoms with Gasteiger partial charge < -0.3 is 10.2 Å². The van der Waals surface area contributed by atoms with Crippen molar-refractivity contribution < 1.29 is 9.59 Å². The predicted octanol–water partition coefficient (Wildman–Crippen LogP) is 2.14. The first kappa shape index (κ1) is 14.9. The molecular weight excluding hydrogens is 302 g/mol. The number of carbonyl (C=O) groups excluding carboxylic acids is 2. The molecular formula is C19H19N3O2. The first-order chi connectivity index (χ1) is 11.6. The van der Waals surface area contributed by atoms with E-state index in [0.717, 1.165) is 23.7 Å². The highest BCUT2D eigenvalue weighted by atomic mass is 16.2. The topological polar surface area (TPSA) is 62.3 Å². The minimum atomic E-state index is -0.176. The molecule has 2 amide bonds.